The number of ether oxygens (including phenoxy) is 2. The van der Waals surface area contributed by atoms with Crippen LogP contribution in [-0.2, 0) is 6.42 Å². The van der Waals surface area contributed by atoms with Gasteiger partial charge in [-0.25, -0.2) is 0 Å². The Labute approximate surface area is 166 Å². The van der Waals surface area contributed by atoms with Crippen LogP contribution < -0.4 is 20.1 Å². The highest BCUT2D eigenvalue weighted by atomic mass is 32.1. The van der Waals surface area contributed by atoms with Gasteiger partial charge in [0.1, 0.15) is 0 Å². The molecule has 2 heterocycles. The van der Waals surface area contributed by atoms with Crippen LogP contribution in [-0.4, -0.2) is 32.6 Å². The smallest absolute Gasteiger partial charge is 0.291 e. The van der Waals surface area contributed by atoms with E-state index in [1.54, 1.807) is 23.5 Å². The molecule has 2 amide bonds. The fraction of sp³-hybridized carbons (Fsp3) is 0.200. The Balaban J connectivity index is 1.81. The summed E-state index contributed by atoms with van der Waals surface area (Å²) in [4.78, 5) is 26.3. The topological polar surface area (TPSA) is 89.8 Å². The highest BCUT2D eigenvalue weighted by Gasteiger charge is 2.20. The third-order valence-corrected chi connectivity index (χ3v) is 4.93. The van der Waals surface area contributed by atoms with E-state index in [2.05, 4.69) is 10.6 Å². The molecular formula is C20H20N2O5S. The summed E-state index contributed by atoms with van der Waals surface area (Å²) in [6, 6.07) is 10.2. The summed E-state index contributed by atoms with van der Waals surface area (Å²) in [6.45, 7) is 0.471. The van der Waals surface area contributed by atoms with Crippen LogP contribution in [0.4, 0.5) is 5.69 Å². The number of methoxy groups -OCH3 is 2. The lowest BCUT2D eigenvalue weighted by Gasteiger charge is -2.15. The van der Waals surface area contributed by atoms with E-state index < -0.39 is 5.91 Å². The van der Waals surface area contributed by atoms with Crippen LogP contribution >= 0.6 is 11.3 Å². The van der Waals surface area contributed by atoms with E-state index in [4.69, 9.17) is 13.9 Å². The van der Waals surface area contributed by atoms with Gasteiger partial charge in [0.2, 0.25) is 0 Å². The van der Waals surface area contributed by atoms with Crippen molar-refractivity contribution in [3.63, 3.8) is 0 Å². The molecule has 0 unspecified atom stereocenters. The Morgan fingerprint density at radius 2 is 1.86 bits per heavy atom. The second kappa shape index (κ2) is 9.09. The minimum atomic E-state index is -0.468. The van der Waals surface area contributed by atoms with E-state index in [-0.39, 0.29) is 17.2 Å². The molecule has 0 aliphatic carbocycles. The van der Waals surface area contributed by atoms with E-state index in [1.165, 1.54) is 37.5 Å². The van der Waals surface area contributed by atoms with Crippen molar-refractivity contribution >= 4 is 28.8 Å². The number of nitrogens with one attached hydrogen (secondary N) is 2. The molecule has 1 aromatic carbocycles. The van der Waals surface area contributed by atoms with E-state index in [0.29, 0.717) is 23.7 Å². The molecule has 0 saturated carbocycles. The standard InChI is InChI=1S/C20H20N2O5S/c1-25-17-11-14(19(23)21-8-7-13-5-4-10-28-13)15(12-18(17)26-2)22-20(24)16-6-3-9-27-16/h3-6,9-12H,7-8H2,1-2H3,(H,21,23)(H,22,24). The number of anilines is 1. The lowest BCUT2D eigenvalue weighted by atomic mass is 10.1. The van der Waals surface area contributed by atoms with Crippen LogP contribution in [0.3, 0.4) is 0 Å². The molecular weight excluding hydrogens is 380 g/mol. The van der Waals surface area contributed by atoms with E-state index in [9.17, 15) is 9.59 Å². The maximum Gasteiger partial charge on any atom is 0.291 e. The second-order valence-corrected chi connectivity index (χ2v) is 6.80. The number of rotatable bonds is 8. The molecule has 0 spiro atoms. The fourth-order valence-corrected chi connectivity index (χ4v) is 3.32. The Kier molecular flexibility index (Phi) is 6.33. The van der Waals surface area contributed by atoms with Crippen molar-refractivity contribution < 1.29 is 23.5 Å². The number of carbonyl (C=O) groups is 2. The number of thiophene rings is 1. The average molecular weight is 400 g/mol. The zero-order valence-corrected chi connectivity index (χ0v) is 16.3. The van der Waals surface area contributed by atoms with Crippen LogP contribution in [0, 0.1) is 0 Å². The van der Waals surface area contributed by atoms with Crippen LogP contribution in [0.1, 0.15) is 25.8 Å². The molecule has 146 valence electrons. The molecule has 2 N–H and O–H groups in total. The maximum absolute atomic E-state index is 12.8. The number of hydrogen-bond acceptors (Lipinski definition) is 6. The largest absolute Gasteiger partial charge is 0.493 e. The molecule has 0 bridgehead atoms. The number of furan rings is 1. The van der Waals surface area contributed by atoms with E-state index >= 15 is 0 Å². The van der Waals surface area contributed by atoms with Crippen molar-refractivity contribution in [3.05, 3.63) is 64.2 Å². The first-order valence-electron chi connectivity index (χ1n) is 8.54. The molecule has 0 atom stereocenters. The van der Waals surface area contributed by atoms with Gasteiger partial charge in [-0.3, -0.25) is 9.59 Å². The SMILES string of the molecule is COc1cc(NC(=O)c2ccco2)c(C(=O)NCCc2cccs2)cc1OC. The predicted octanol–water partition coefficient (Wildman–Crippen LogP) is 3.58. The van der Waals surface area contributed by atoms with Crippen molar-refractivity contribution in [1.29, 1.82) is 0 Å². The van der Waals surface area contributed by atoms with Gasteiger partial charge < -0.3 is 24.5 Å². The van der Waals surface area contributed by atoms with E-state index in [1.807, 2.05) is 17.5 Å². The number of carbonyl (C=O) groups excluding carboxylic acids is 2. The monoisotopic (exact) mass is 400 g/mol. The summed E-state index contributed by atoms with van der Waals surface area (Å²) < 4.78 is 15.7. The Morgan fingerprint density at radius 1 is 1.07 bits per heavy atom. The third-order valence-electron chi connectivity index (χ3n) is 4.00. The predicted molar refractivity (Wildman–Crippen MR) is 107 cm³/mol. The molecule has 8 heteroatoms. The van der Waals surface area contributed by atoms with Gasteiger partial charge in [0.05, 0.1) is 31.7 Å². The van der Waals surface area contributed by atoms with Crippen LogP contribution in [0.25, 0.3) is 0 Å². The van der Waals surface area contributed by atoms with Crippen molar-refractivity contribution in [2.24, 2.45) is 0 Å². The van der Waals surface area contributed by atoms with Crippen LogP contribution in [0.2, 0.25) is 0 Å². The first-order chi connectivity index (χ1) is 13.6. The molecule has 7 nitrogen and oxygen atoms in total. The lowest BCUT2D eigenvalue weighted by Crippen LogP contribution is -2.27. The maximum atomic E-state index is 12.8. The lowest BCUT2D eigenvalue weighted by molar-refractivity contribution is 0.0954. The van der Waals surface area contributed by atoms with Gasteiger partial charge in [0.25, 0.3) is 11.8 Å². The van der Waals surface area contributed by atoms with Crippen molar-refractivity contribution in [1.82, 2.24) is 5.32 Å². The summed E-state index contributed by atoms with van der Waals surface area (Å²) in [5, 5.41) is 7.56. The van der Waals surface area contributed by atoms with E-state index in [0.717, 1.165) is 6.42 Å². The fourth-order valence-electron chi connectivity index (χ4n) is 2.61. The van der Waals surface area contributed by atoms with Crippen molar-refractivity contribution in [2.45, 2.75) is 6.42 Å². The molecule has 0 fully saturated rings. The number of benzene rings is 1. The van der Waals surface area contributed by atoms with Gasteiger partial charge >= 0.3 is 0 Å². The molecule has 0 aliphatic rings. The quantitative estimate of drug-likeness (QED) is 0.603. The summed E-state index contributed by atoms with van der Waals surface area (Å²) >= 11 is 1.64. The minimum Gasteiger partial charge on any atom is -0.493 e. The van der Waals surface area contributed by atoms with Gasteiger partial charge in [-0.2, -0.15) is 0 Å². The molecule has 28 heavy (non-hydrogen) atoms. The van der Waals surface area contributed by atoms with Gasteiger partial charge in [0.15, 0.2) is 17.3 Å². The summed E-state index contributed by atoms with van der Waals surface area (Å²) in [5.74, 6) is 0.130. The molecule has 3 aromatic rings. The normalized spacial score (nSPS) is 10.4. The molecule has 0 aliphatic heterocycles. The van der Waals surface area contributed by atoms with Gasteiger partial charge in [0, 0.05) is 17.5 Å². The number of hydrogen-bond donors (Lipinski definition) is 2. The molecule has 3 rings (SSSR count). The Bertz CT molecular complexity index is 936. The number of amides is 2. The molecule has 0 radical (unpaired) electrons. The Hall–Kier alpha value is -3.26. The van der Waals surface area contributed by atoms with Crippen molar-refractivity contribution in [2.75, 3.05) is 26.1 Å². The average Bonchev–Trinajstić information content (AvgIpc) is 3.41. The third kappa shape index (κ3) is 4.52. The highest BCUT2D eigenvalue weighted by Crippen LogP contribution is 2.33. The summed E-state index contributed by atoms with van der Waals surface area (Å²) in [7, 11) is 2.97. The van der Waals surface area contributed by atoms with Gasteiger partial charge in [-0.05, 0) is 36.1 Å². The Morgan fingerprint density at radius 3 is 2.50 bits per heavy atom. The first-order valence-corrected chi connectivity index (χ1v) is 9.41. The molecule has 0 saturated heterocycles. The van der Waals surface area contributed by atoms with Gasteiger partial charge in [-0.1, -0.05) is 6.07 Å². The highest BCUT2D eigenvalue weighted by molar-refractivity contribution is 7.09. The minimum absolute atomic E-state index is 0.138. The second-order valence-electron chi connectivity index (χ2n) is 5.77. The van der Waals surface area contributed by atoms with Crippen LogP contribution in [0.5, 0.6) is 11.5 Å². The summed E-state index contributed by atoms with van der Waals surface area (Å²) in [6.07, 6.45) is 2.13. The zero-order valence-electron chi connectivity index (χ0n) is 15.5. The van der Waals surface area contributed by atoms with Crippen molar-refractivity contribution in [3.8, 4) is 11.5 Å². The van der Waals surface area contributed by atoms with Crippen LogP contribution in [0.15, 0.2) is 52.5 Å². The van der Waals surface area contributed by atoms with Gasteiger partial charge in [-0.15, -0.1) is 11.3 Å². The molecule has 2 aromatic heterocycles. The zero-order chi connectivity index (χ0) is 19.9. The first kappa shape index (κ1) is 19.5. The summed E-state index contributed by atoms with van der Waals surface area (Å²) in [5.41, 5.74) is 0.566.